The Balaban J connectivity index is 1.52. The van der Waals surface area contributed by atoms with Gasteiger partial charge >= 0.3 is 0 Å². The smallest absolute Gasteiger partial charge is 0.229 e. The zero-order valence-corrected chi connectivity index (χ0v) is 14.8. The van der Waals surface area contributed by atoms with Crippen molar-refractivity contribution in [2.24, 2.45) is 22.7 Å². The fourth-order valence-electron chi connectivity index (χ4n) is 4.27. The highest BCUT2D eigenvalue weighted by Gasteiger charge is 2.44. The summed E-state index contributed by atoms with van der Waals surface area (Å²) >= 11 is 1.81. The van der Waals surface area contributed by atoms with Crippen molar-refractivity contribution in [3.63, 3.8) is 0 Å². The molecule has 0 bridgehead atoms. The monoisotopic (exact) mass is 323 g/mol. The summed E-state index contributed by atoms with van der Waals surface area (Å²) in [5, 5.41) is 7.17. The lowest BCUT2D eigenvalue weighted by atomic mass is 9.73. The molecule has 2 aliphatic carbocycles. The van der Waals surface area contributed by atoms with Gasteiger partial charge < -0.3 is 10.6 Å². The highest BCUT2D eigenvalue weighted by Crippen LogP contribution is 2.47. The molecule has 124 valence electrons. The minimum absolute atomic E-state index is 0.165. The Morgan fingerprint density at radius 3 is 2.73 bits per heavy atom. The number of hydrogen-bond acceptors (Lipinski definition) is 4. The fraction of sp³-hybridized carbons (Fsp3) is 0.882. The lowest BCUT2D eigenvalue weighted by molar-refractivity contribution is -0.126. The Kier molecular flexibility index (Phi) is 4.83. The van der Waals surface area contributed by atoms with Crippen LogP contribution in [0.25, 0.3) is 0 Å². The van der Waals surface area contributed by atoms with Gasteiger partial charge in [-0.1, -0.05) is 37.9 Å². The Hall–Kier alpha value is -0.550. The summed E-state index contributed by atoms with van der Waals surface area (Å²) in [5.74, 6) is 1.83. The molecule has 0 aromatic rings. The van der Waals surface area contributed by atoms with Gasteiger partial charge in [-0.2, -0.15) is 0 Å². The Bertz CT molecular complexity index is 461. The number of hydrogen-bond donors (Lipinski definition) is 2. The number of aliphatic imine (C=N–C) groups is 1. The van der Waals surface area contributed by atoms with E-state index in [4.69, 9.17) is 0 Å². The van der Waals surface area contributed by atoms with Crippen LogP contribution in [0.2, 0.25) is 0 Å². The van der Waals surface area contributed by atoms with Gasteiger partial charge in [0.25, 0.3) is 0 Å². The van der Waals surface area contributed by atoms with Crippen LogP contribution in [0.1, 0.15) is 52.4 Å². The second-order valence-electron chi connectivity index (χ2n) is 7.55. The van der Waals surface area contributed by atoms with Crippen molar-refractivity contribution in [2.45, 2.75) is 63.2 Å². The molecule has 0 radical (unpaired) electrons. The summed E-state index contributed by atoms with van der Waals surface area (Å²) in [6.45, 7) is 5.58. The van der Waals surface area contributed by atoms with E-state index >= 15 is 0 Å². The predicted molar refractivity (Wildman–Crippen MR) is 93.1 cm³/mol. The van der Waals surface area contributed by atoms with E-state index in [1.807, 2.05) is 18.8 Å². The van der Waals surface area contributed by atoms with Crippen LogP contribution < -0.4 is 10.6 Å². The molecule has 3 atom stereocenters. The minimum atomic E-state index is 0.165. The molecule has 0 aromatic heterocycles. The van der Waals surface area contributed by atoms with Crippen LogP contribution in [0.15, 0.2) is 4.99 Å². The molecule has 2 saturated carbocycles. The van der Waals surface area contributed by atoms with Crippen molar-refractivity contribution in [3.8, 4) is 0 Å². The maximum atomic E-state index is 12.3. The SMILES string of the molecule is CNC1CC(C(=O)NC2=NCC(C)([C@H]3CCCC[C@@H]3C)S2)C1. The molecule has 5 heteroatoms. The average Bonchev–Trinajstić information content (AvgIpc) is 2.80. The number of rotatable bonds is 3. The van der Waals surface area contributed by atoms with E-state index in [2.05, 4.69) is 29.5 Å². The number of carbonyl (C=O) groups excluding carboxylic acids is 1. The Morgan fingerprint density at radius 2 is 2.05 bits per heavy atom. The van der Waals surface area contributed by atoms with E-state index in [0.29, 0.717) is 6.04 Å². The molecule has 4 nitrogen and oxygen atoms in total. The number of carbonyl (C=O) groups is 1. The van der Waals surface area contributed by atoms with Gasteiger partial charge in [-0.05, 0) is 45.1 Å². The molecular weight excluding hydrogens is 294 g/mol. The van der Waals surface area contributed by atoms with Gasteiger partial charge in [-0.3, -0.25) is 9.79 Å². The quantitative estimate of drug-likeness (QED) is 0.840. The van der Waals surface area contributed by atoms with Crippen molar-refractivity contribution in [1.82, 2.24) is 10.6 Å². The molecule has 2 fully saturated rings. The standard InChI is InChI=1S/C17H29N3OS/c1-11-6-4-5-7-14(11)17(2)10-19-16(22-17)20-15(21)12-8-13(9-12)18-3/h11-14,18H,4-10H2,1-3H3,(H,19,20,21)/t11-,12?,13?,14-,17?/m0/s1. The van der Waals surface area contributed by atoms with Crippen LogP contribution in [0, 0.1) is 17.8 Å². The third-order valence-corrected chi connectivity index (χ3v) is 7.23. The van der Waals surface area contributed by atoms with Crippen molar-refractivity contribution < 1.29 is 4.79 Å². The second-order valence-corrected chi connectivity index (χ2v) is 9.07. The number of thioether (sulfide) groups is 1. The van der Waals surface area contributed by atoms with Crippen molar-refractivity contribution in [1.29, 1.82) is 0 Å². The molecule has 1 heterocycles. The predicted octanol–water partition coefficient (Wildman–Crippen LogP) is 2.79. The third kappa shape index (κ3) is 3.21. The van der Waals surface area contributed by atoms with Crippen LogP contribution in [0.4, 0.5) is 0 Å². The van der Waals surface area contributed by atoms with E-state index in [9.17, 15) is 4.79 Å². The highest BCUT2D eigenvalue weighted by atomic mass is 32.2. The first-order valence-corrected chi connectivity index (χ1v) is 9.55. The first-order chi connectivity index (χ1) is 10.5. The molecule has 0 spiro atoms. The number of nitrogens with one attached hydrogen (secondary N) is 2. The van der Waals surface area contributed by atoms with Gasteiger partial charge in [-0.15, -0.1) is 0 Å². The molecule has 0 saturated heterocycles. The Labute approximate surface area is 138 Å². The number of amides is 1. The summed E-state index contributed by atoms with van der Waals surface area (Å²) in [6.07, 6.45) is 7.29. The largest absolute Gasteiger partial charge is 0.317 e. The first kappa shape index (κ1) is 16.3. The highest BCUT2D eigenvalue weighted by molar-refractivity contribution is 8.15. The van der Waals surface area contributed by atoms with Crippen LogP contribution in [0.5, 0.6) is 0 Å². The molecule has 1 unspecified atom stereocenters. The molecule has 3 rings (SSSR count). The van der Waals surface area contributed by atoms with E-state index in [0.717, 1.165) is 36.4 Å². The summed E-state index contributed by atoms with van der Waals surface area (Å²) in [6, 6.07) is 0.516. The van der Waals surface area contributed by atoms with Gasteiger partial charge in [0.2, 0.25) is 5.91 Å². The number of amidine groups is 1. The number of nitrogens with zero attached hydrogens (tertiary/aromatic N) is 1. The normalized spacial score (nSPS) is 41.7. The van der Waals surface area contributed by atoms with E-state index in [-0.39, 0.29) is 16.6 Å². The molecule has 22 heavy (non-hydrogen) atoms. The molecule has 1 aliphatic heterocycles. The summed E-state index contributed by atoms with van der Waals surface area (Å²) < 4.78 is 0.176. The topological polar surface area (TPSA) is 53.5 Å². The van der Waals surface area contributed by atoms with Crippen LogP contribution in [-0.2, 0) is 4.79 Å². The van der Waals surface area contributed by atoms with Gasteiger partial charge in [0.15, 0.2) is 5.17 Å². The van der Waals surface area contributed by atoms with Crippen molar-refractivity contribution >= 4 is 22.8 Å². The van der Waals surface area contributed by atoms with E-state index in [1.165, 1.54) is 25.7 Å². The molecular formula is C17H29N3OS. The summed E-state index contributed by atoms with van der Waals surface area (Å²) in [5.41, 5.74) is 0. The fourth-order valence-corrected chi connectivity index (χ4v) is 5.62. The lowest BCUT2D eigenvalue weighted by Crippen LogP contribution is -2.47. The van der Waals surface area contributed by atoms with Crippen LogP contribution in [0.3, 0.4) is 0 Å². The molecule has 3 aliphatic rings. The van der Waals surface area contributed by atoms with E-state index < -0.39 is 0 Å². The zero-order chi connectivity index (χ0) is 15.7. The average molecular weight is 324 g/mol. The zero-order valence-electron chi connectivity index (χ0n) is 14.0. The van der Waals surface area contributed by atoms with Gasteiger partial charge in [-0.25, -0.2) is 0 Å². The van der Waals surface area contributed by atoms with E-state index in [1.54, 1.807) is 0 Å². The summed E-state index contributed by atoms with van der Waals surface area (Å²) in [4.78, 5) is 16.9. The summed E-state index contributed by atoms with van der Waals surface area (Å²) in [7, 11) is 1.96. The van der Waals surface area contributed by atoms with Crippen LogP contribution in [-0.4, -0.2) is 35.5 Å². The Morgan fingerprint density at radius 1 is 1.32 bits per heavy atom. The van der Waals surface area contributed by atoms with Crippen molar-refractivity contribution in [2.75, 3.05) is 13.6 Å². The maximum Gasteiger partial charge on any atom is 0.229 e. The third-order valence-electron chi connectivity index (χ3n) is 5.91. The van der Waals surface area contributed by atoms with Gasteiger partial charge in [0.1, 0.15) is 0 Å². The minimum Gasteiger partial charge on any atom is -0.317 e. The first-order valence-electron chi connectivity index (χ1n) is 8.73. The maximum absolute atomic E-state index is 12.3. The van der Waals surface area contributed by atoms with Crippen molar-refractivity contribution in [3.05, 3.63) is 0 Å². The van der Waals surface area contributed by atoms with Gasteiger partial charge in [0.05, 0.1) is 6.54 Å². The second kappa shape index (κ2) is 6.52. The molecule has 0 aromatic carbocycles. The molecule has 1 amide bonds. The lowest BCUT2D eigenvalue weighted by Gasteiger charge is -2.40. The van der Waals surface area contributed by atoms with Crippen LogP contribution >= 0.6 is 11.8 Å². The van der Waals surface area contributed by atoms with Gasteiger partial charge in [0, 0.05) is 16.7 Å². The molecule has 2 N–H and O–H groups in total.